The maximum atomic E-state index is 12.5. The predicted molar refractivity (Wildman–Crippen MR) is 116 cm³/mol. The molecule has 0 aliphatic heterocycles. The van der Waals surface area contributed by atoms with Gasteiger partial charge in [-0.25, -0.2) is 5.43 Å². The second kappa shape index (κ2) is 8.78. The molecule has 4 aliphatic rings. The van der Waals surface area contributed by atoms with Crippen LogP contribution in [0.4, 0.5) is 0 Å². The zero-order chi connectivity index (χ0) is 21.3. The highest BCUT2D eigenvalue weighted by Crippen LogP contribution is 2.53. The zero-order valence-corrected chi connectivity index (χ0v) is 18.2. The first-order valence-electron chi connectivity index (χ1n) is 11.2. The van der Waals surface area contributed by atoms with E-state index in [2.05, 4.69) is 21.9 Å². The van der Waals surface area contributed by atoms with E-state index in [0.29, 0.717) is 29.3 Å². The molecule has 2 amide bonds. The van der Waals surface area contributed by atoms with Crippen molar-refractivity contribution in [3.8, 4) is 5.75 Å². The first-order valence-corrected chi connectivity index (χ1v) is 11.2. The molecule has 5 rings (SSSR count). The van der Waals surface area contributed by atoms with Crippen LogP contribution >= 0.6 is 0 Å². The quantitative estimate of drug-likeness (QED) is 0.532. The highest BCUT2D eigenvalue weighted by molar-refractivity contribution is 6.00. The second-order valence-electron chi connectivity index (χ2n) is 9.69. The Bertz CT molecular complexity index is 800. The van der Waals surface area contributed by atoms with Gasteiger partial charge in [-0.3, -0.25) is 9.59 Å². The number of amides is 2. The van der Waals surface area contributed by atoms with Gasteiger partial charge in [-0.2, -0.15) is 5.10 Å². The van der Waals surface area contributed by atoms with Crippen molar-refractivity contribution < 1.29 is 14.3 Å². The maximum Gasteiger partial charge on any atom is 0.277 e. The molecule has 4 aliphatic carbocycles. The van der Waals surface area contributed by atoms with E-state index in [-0.39, 0.29) is 24.8 Å². The molecule has 0 heterocycles. The number of benzene rings is 1. The summed E-state index contributed by atoms with van der Waals surface area (Å²) >= 11 is 0. The van der Waals surface area contributed by atoms with E-state index in [1.807, 2.05) is 26.0 Å². The van der Waals surface area contributed by atoms with E-state index in [0.717, 1.165) is 23.0 Å². The monoisotopic (exact) mass is 411 g/mol. The van der Waals surface area contributed by atoms with Crippen LogP contribution in [0, 0.1) is 37.5 Å². The van der Waals surface area contributed by atoms with E-state index in [4.69, 9.17) is 4.74 Å². The Balaban J connectivity index is 1.21. The first kappa shape index (κ1) is 20.9. The summed E-state index contributed by atoms with van der Waals surface area (Å²) in [5, 5.41) is 7.35. The van der Waals surface area contributed by atoms with Crippen LogP contribution in [0.15, 0.2) is 23.3 Å². The minimum absolute atomic E-state index is 0.00876. The maximum absolute atomic E-state index is 12.5. The van der Waals surface area contributed by atoms with Gasteiger partial charge in [-0.05, 0) is 99.8 Å². The Kier molecular flexibility index (Phi) is 6.11. The summed E-state index contributed by atoms with van der Waals surface area (Å²) < 4.78 is 5.54. The standard InChI is InChI=1S/C24H33N3O3/c1-14-4-15(2)6-21(5-14)30-13-23(29)27-26-16(3)7-22(28)25-24-19-9-17-8-18(11-19)12-20(24)10-17/h4-6,17-20,24H,7-13H2,1-3H3,(H,25,28)(H,27,29)/b26-16-. The first-order chi connectivity index (χ1) is 14.4. The summed E-state index contributed by atoms with van der Waals surface area (Å²) in [6.45, 7) is 5.63. The molecule has 0 unspecified atom stereocenters. The molecule has 30 heavy (non-hydrogen) atoms. The van der Waals surface area contributed by atoms with E-state index in [9.17, 15) is 9.59 Å². The average Bonchev–Trinajstić information content (AvgIpc) is 2.66. The lowest BCUT2D eigenvalue weighted by atomic mass is 9.54. The molecule has 4 bridgehead atoms. The summed E-state index contributed by atoms with van der Waals surface area (Å²) in [6, 6.07) is 6.17. The zero-order valence-electron chi connectivity index (χ0n) is 18.2. The van der Waals surface area contributed by atoms with Gasteiger partial charge in [0.25, 0.3) is 5.91 Å². The number of carbonyl (C=O) groups is 2. The van der Waals surface area contributed by atoms with E-state index in [1.54, 1.807) is 6.92 Å². The number of nitrogens with one attached hydrogen (secondary N) is 2. The molecule has 162 valence electrons. The molecule has 4 saturated carbocycles. The van der Waals surface area contributed by atoms with Gasteiger partial charge in [0.1, 0.15) is 5.75 Å². The summed E-state index contributed by atoms with van der Waals surface area (Å²) in [6.07, 6.45) is 6.74. The molecule has 0 spiro atoms. The number of ether oxygens (including phenoxy) is 1. The van der Waals surface area contributed by atoms with Gasteiger partial charge in [0.2, 0.25) is 5.91 Å². The molecule has 1 aromatic carbocycles. The number of aryl methyl sites for hydroxylation is 2. The van der Waals surface area contributed by atoms with Crippen LogP contribution < -0.4 is 15.5 Å². The topological polar surface area (TPSA) is 79.8 Å². The normalized spacial score (nSPS) is 29.6. The van der Waals surface area contributed by atoms with Crippen molar-refractivity contribution in [3.05, 3.63) is 29.3 Å². The molecule has 2 N–H and O–H groups in total. The fourth-order valence-corrected chi connectivity index (χ4v) is 6.02. The second-order valence-corrected chi connectivity index (χ2v) is 9.69. The average molecular weight is 412 g/mol. The van der Waals surface area contributed by atoms with Crippen LogP contribution in [-0.4, -0.2) is 30.2 Å². The fraction of sp³-hybridized carbons (Fsp3) is 0.625. The third-order valence-electron chi connectivity index (χ3n) is 6.91. The van der Waals surface area contributed by atoms with Crippen LogP contribution in [0.2, 0.25) is 0 Å². The lowest BCUT2D eigenvalue weighted by Crippen LogP contribution is -2.56. The van der Waals surface area contributed by atoms with Crippen molar-refractivity contribution in [2.24, 2.45) is 28.8 Å². The lowest BCUT2D eigenvalue weighted by molar-refractivity contribution is -0.124. The number of nitrogens with zero attached hydrogens (tertiary/aromatic N) is 1. The number of carbonyl (C=O) groups excluding carboxylic acids is 2. The van der Waals surface area contributed by atoms with Gasteiger partial charge in [0.15, 0.2) is 6.61 Å². The smallest absolute Gasteiger partial charge is 0.277 e. The van der Waals surface area contributed by atoms with Gasteiger partial charge in [0.05, 0.1) is 6.42 Å². The summed E-state index contributed by atoms with van der Waals surface area (Å²) in [4.78, 5) is 24.6. The van der Waals surface area contributed by atoms with Crippen molar-refractivity contribution in [1.82, 2.24) is 10.7 Å². The van der Waals surface area contributed by atoms with Crippen LogP contribution in [0.3, 0.4) is 0 Å². The van der Waals surface area contributed by atoms with Crippen molar-refractivity contribution in [2.75, 3.05) is 6.61 Å². The Morgan fingerprint density at radius 3 is 2.17 bits per heavy atom. The molecule has 4 fully saturated rings. The van der Waals surface area contributed by atoms with Gasteiger partial charge in [-0.15, -0.1) is 0 Å². The summed E-state index contributed by atoms with van der Waals surface area (Å²) in [5.74, 6) is 3.44. The minimum Gasteiger partial charge on any atom is -0.484 e. The molecule has 6 nitrogen and oxygen atoms in total. The summed E-state index contributed by atoms with van der Waals surface area (Å²) in [7, 11) is 0. The van der Waals surface area contributed by atoms with Crippen molar-refractivity contribution >= 4 is 17.5 Å². The molecular formula is C24H33N3O3. The number of hydrogen-bond donors (Lipinski definition) is 2. The van der Waals surface area contributed by atoms with Crippen LogP contribution in [0.5, 0.6) is 5.75 Å². The molecule has 1 aromatic rings. The minimum atomic E-state index is -0.338. The fourth-order valence-electron chi connectivity index (χ4n) is 6.02. The van der Waals surface area contributed by atoms with Crippen LogP contribution in [0.1, 0.15) is 56.6 Å². The van der Waals surface area contributed by atoms with Crippen LogP contribution in [0.25, 0.3) is 0 Å². The van der Waals surface area contributed by atoms with Crippen molar-refractivity contribution in [2.45, 2.75) is 65.3 Å². The Labute approximate surface area is 178 Å². The Morgan fingerprint density at radius 1 is 0.967 bits per heavy atom. The number of hydrazone groups is 1. The lowest BCUT2D eigenvalue weighted by Gasteiger charge is -2.54. The molecular weight excluding hydrogens is 378 g/mol. The van der Waals surface area contributed by atoms with Crippen molar-refractivity contribution in [3.63, 3.8) is 0 Å². The molecule has 0 atom stereocenters. The van der Waals surface area contributed by atoms with E-state index < -0.39 is 0 Å². The highest BCUT2D eigenvalue weighted by Gasteiger charge is 2.48. The van der Waals surface area contributed by atoms with Gasteiger partial charge in [-0.1, -0.05) is 6.07 Å². The van der Waals surface area contributed by atoms with Gasteiger partial charge >= 0.3 is 0 Å². The van der Waals surface area contributed by atoms with E-state index >= 15 is 0 Å². The van der Waals surface area contributed by atoms with Gasteiger partial charge < -0.3 is 10.1 Å². The molecule has 0 radical (unpaired) electrons. The molecule has 0 saturated heterocycles. The Morgan fingerprint density at radius 2 is 1.57 bits per heavy atom. The van der Waals surface area contributed by atoms with Crippen LogP contribution in [-0.2, 0) is 9.59 Å². The number of hydrogen-bond acceptors (Lipinski definition) is 4. The third-order valence-corrected chi connectivity index (χ3v) is 6.91. The Hall–Kier alpha value is -2.37. The van der Waals surface area contributed by atoms with Crippen molar-refractivity contribution in [1.29, 1.82) is 0 Å². The predicted octanol–water partition coefficient (Wildman–Crippen LogP) is 3.51. The van der Waals surface area contributed by atoms with Gasteiger partial charge in [0, 0.05) is 11.8 Å². The SMILES string of the molecule is C/C(CC(=O)NC1C2CC3CC(C2)CC1C3)=N/NC(=O)COc1cc(C)cc(C)c1. The molecule has 0 aromatic heterocycles. The molecule has 6 heteroatoms. The highest BCUT2D eigenvalue weighted by atomic mass is 16.5. The summed E-state index contributed by atoms with van der Waals surface area (Å²) in [5.41, 5.74) is 5.25. The third kappa shape index (κ3) is 5.02. The van der Waals surface area contributed by atoms with E-state index in [1.165, 1.54) is 32.1 Å². The number of rotatable bonds is 7. The largest absolute Gasteiger partial charge is 0.484 e.